The van der Waals surface area contributed by atoms with Gasteiger partial charge < -0.3 is 10.4 Å². The van der Waals surface area contributed by atoms with Gasteiger partial charge in [0.1, 0.15) is 5.54 Å². The van der Waals surface area contributed by atoms with Gasteiger partial charge in [-0.15, -0.1) is 11.3 Å². The first-order valence-corrected chi connectivity index (χ1v) is 8.45. The van der Waals surface area contributed by atoms with E-state index in [1.54, 1.807) is 0 Å². The van der Waals surface area contributed by atoms with Crippen LogP contribution in [0, 0.1) is 5.92 Å². The summed E-state index contributed by atoms with van der Waals surface area (Å²) in [6.07, 6.45) is 3.88. The van der Waals surface area contributed by atoms with Gasteiger partial charge in [0.15, 0.2) is 0 Å². The van der Waals surface area contributed by atoms with E-state index < -0.39 is 11.5 Å². The topological polar surface area (TPSA) is 66.4 Å². The Morgan fingerprint density at radius 3 is 2.62 bits per heavy atom. The standard InChI is InChI=1S/C16H23NO3S/c1-3-12-6-8-16(9-7-12,15(19)20)17-14(18)11(2)13-5-4-10-21-13/h4-5,10-12H,3,6-9H2,1-2H3,(H,17,18)(H,19,20). The number of carboxylic acids is 1. The molecule has 1 aromatic heterocycles. The highest BCUT2D eigenvalue weighted by atomic mass is 32.1. The van der Waals surface area contributed by atoms with Crippen LogP contribution in [0.1, 0.15) is 56.7 Å². The molecule has 1 heterocycles. The molecule has 1 fully saturated rings. The number of hydrogen-bond donors (Lipinski definition) is 2. The molecule has 0 radical (unpaired) electrons. The largest absolute Gasteiger partial charge is 0.480 e. The SMILES string of the molecule is CCC1CCC(NC(=O)C(C)c2cccs2)(C(=O)O)CC1. The lowest BCUT2D eigenvalue weighted by Gasteiger charge is -2.37. The number of carbonyl (C=O) groups is 2. The molecule has 1 atom stereocenters. The minimum absolute atomic E-state index is 0.185. The number of hydrogen-bond acceptors (Lipinski definition) is 3. The van der Waals surface area contributed by atoms with Crippen molar-refractivity contribution in [2.75, 3.05) is 0 Å². The van der Waals surface area contributed by atoms with Crippen LogP contribution < -0.4 is 5.32 Å². The zero-order valence-electron chi connectivity index (χ0n) is 12.6. The van der Waals surface area contributed by atoms with Crippen molar-refractivity contribution in [3.05, 3.63) is 22.4 Å². The molecule has 5 heteroatoms. The molecule has 1 aliphatic rings. The summed E-state index contributed by atoms with van der Waals surface area (Å²) in [6.45, 7) is 3.96. The number of carboxylic acid groups (broad SMARTS) is 1. The van der Waals surface area contributed by atoms with Crippen molar-refractivity contribution in [2.24, 2.45) is 5.92 Å². The molecule has 1 aromatic rings. The normalized spacial score (nSPS) is 27.0. The van der Waals surface area contributed by atoms with Gasteiger partial charge in [0.05, 0.1) is 5.92 Å². The van der Waals surface area contributed by atoms with Crippen LogP contribution in [0.4, 0.5) is 0 Å². The lowest BCUT2D eigenvalue weighted by molar-refractivity contribution is -0.150. The minimum atomic E-state index is -1.08. The third-order valence-electron chi connectivity index (χ3n) is 4.67. The Balaban J connectivity index is 2.07. The number of rotatable bonds is 5. The Morgan fingerprint density at radius 2 is 2.14 bits per heavy atom. The van der Waals surface area contributed by atoms with Gasteiger partial charge in [-0.05, 0) is 50.0 Å². The predicted octanol–water partition coefficient (Wildman–Crippen LogP) is 3.39. The van der Waals surface area contributed by atoms with Gasteiger partial charge >= 0.3 is 5.97 Å². The summed E-state index contributed by atoms with van der Waals surface area (Å²) in [5, 5.41) is 14.4. The van der Waals surface area contributed by atoms with Crippen LogP contribution in [0.5, 0.6) is 0 Å². The Kier molecular flexibility index (Phi) is 5.04. The molecule has 1 amide bonds. The number of aliphatic carboxylic acids is 1. The summed E-state index contributed by atoms with van der Waals surface area (Å²) in [5.74, 6) is -0.798. The second-order valence-electron chi connectivity index (χ2n) is 5.97. The fourth-order valence-electron chi connectivity index (χ4n) is 2.98. The fourth-order valence-corrected chi connectivity index (χ4v) is 3.76. The molecular weight excluding hydrogens is 286 g/mol. The van der Waals surface area contributed by atoms with E-state index in [-0.39, 0.29) is 11.8 Å². The van der Waals surface area contributed by atoms with Crippen molar-refractivity contribution >= 4 is 23.2 Å². The smallest absolute Gasteiger partial charge is 0.329 e. The monoisotopic (exact) mass is 309 g/mol. The minimum Gasteiger partial charge on any atom is -0.480 e. The summed E-state index contributed by atoms with van der Waals surface area (Å²) >= 11 is 1.52. The third-order valence-corrected chi connectivity index (χ3v) is 5.73. The summed E-state index contributed by atoms with van der Waals surface area (Å²) < 4.78 is 0. The molecule has 0 saturated heterocycles. The maximum Gasteiger partial charge on any atom is 0.329 e. The Labute approximate surface area is 129 Å². The van der Waals surface area contributed by atoms with Crippen molar-refractivity contribution in [1.82, 2.24) is 5.32 Å². The summed E-state index contributed by atoms with van der Waals surface area (Å²) in [4.78, 5) is 25.1. The van der Waals surface area contributed by atoms with E-state index >= 15 is 0 Å². The summed E-state index contributed by atoms with van der Waals surface area (Å²) in [6, 6.07) is 3.82. The molecule has 0 aromatic carbocycles. The maximum absolute atomic E-state index is 12.4. The van der Waals surface area contributed by atoms with Gasteiger partial charge in [-0.1, -0.05) is 19.4 Å². The van der Waals surface area contributed by atoms with E-state index in [9.17, 15) is 14.7 Å². The van der Waals surface area contributed by atoms with E-state index in [1.165, 1.54) is 11.3 Å². The van der Waals surface area contributed by atoms with E-state index in [2.05, 4.69) is 12.2 Å². The van der Waals surface area contributed by atoms with E-state index in [4.69, 9.17) is 0 Å². The highest BCUT2D eigenvalue weighted by molar-refractivity contribution is 7.10. The Morgan fingerprint density at radius 1 is 1.48 bits per heavy atom. The van der Waals surface area contributed by atoms with Crippen LogP contribution in [0.2, 0.25) is 0 Å². The van der Waals surface area contributed by atoms with Gasteiger partial charge in [-0.2, -0.15) is 0 Å². The molecule has 0 aliphatic heterocycles. The average molecular weight is 309 g/mol. The first-order chi connectivity index (χ1) is 9.98. The van der Waals surface area contributed by atoms with Gasteiger partial charge in [0.2, 0.25) is 5.91 Å². The van der Waals surface area contributed by atoms with Crippen molar-refractivity contribution in [2.45, 2.75) is 57.4 Å². The molecule has 4 nitrogen and oxygen atoms in total. The van der Waals surface area contributed by atoms with Gasteiger partial charge in [0, 0.05) is 4.88 Å². The quantitative estimate of drug-likeness (QED) is 0.876. The van der Waals surface area contributed by atoms with Crippen molar-refractivity contribution in [3.63, 3.8) is 0 Å². The number of carbonyl (C=O) groups excluding carboxylic acids is 1. The van der Waals surface area contributed by atoms with Crippen molar-refractivity contribution in [3.8, 4) is 0 Å². The molecular formula is C16H23NO3S. The molecule has 1 aliphatic carbocycles. The fraction of sp³-hybridized carbons (Fsp3) is 0.625. The van der Waals surface area contributed by atoms with Crippen LogP contribution >= 0.6 is 11.3 Å². The number of nitrogens with one attached hydrogen (secondary N) is 1. The summed E-state index contributed by atoms with van der Waals surface area (Å²) in [5.41, 5.74) is -1.08. The maximum atomic E-state index is 12.4. The zero-order chi connectivity index (χ0) is 15.5. The van der Waals surface area contributed by atoms with Gasteiger partial charge in [-0.3, -0.25) is 4.79 Å². The second-order valence-corrected chi connectivity index (χ2v) is 6.94. The molecule has 21 heavy (non-hydrogen) atoms. The van der Waals surface area contributed by atoms with Crippen LogP contribution in [0.15, 0.2) is 17.5 Å². The lowest BCUT2D eigenvalue weighted by atomic mass is 9.75. The van der Waals surface area contributed by atoms with E-state index in [0.717, 1.165) is 24.1 Å². The van der Waals surface area contributed by atoms with Crippen LogP contribution in [-0.2, 0) is 9.59 Å². The Hall–Kier alpha value is -1.36. The molecule has 0 bridgehead atoms. The van der Waals surface area contributed by atoms with E-state index in [0.29, 0.717) is 18.8 Å². The van der Waals surface area contributed by atoms with Crippen molar-refractivity contribution < 1.29 is 14.7 Å². The Bertz CT molecular complexity index is 490. The molecule has 1 saturated carbocycles. The molecule has 0 spiro atoms. The van der Waals surface area contributed by atoms with Crippen molar-refractivity contribution in [1.29, 1.82) is 0 Å². The van der Waals surface area contributed by atoms with Crippen LogP contribution in [-0.4, -0.2) is 22.5 Å². The van der Waals surface area contributed by atoms with E-state index in [1.807, 2.05) is 24.4 Å². The molecule has 116 valence electrons. The molecule has 1 unspecified atom stereocenters. The summed E-state index contributed by atoms with van der Waals surface area (Å²) in [7, 11) is 0. The number of amides is 1. The predicted molar refractivity (Wildman–Crippen MR) is 83.5 cm³/mol. The molecule has 2 N–H and O–H groups in total. The zero-order valence-corrected chi connectivity index (χ0v) is 13.4. The molecule has 2 rings (SSSR count). The third kappa shape index (κ3) is 3.46. The highest BCUT2D eigenvalue weighted by Crippen LogP contribution is 2.34. The average Bonchev–Trinajstić information content (AvgIpc) is 3.01. The number of thiophene rings is 1. The van der Waals surface area contributed by atoms with Crippen LogP contribution in [0.3, 0.4) is 0 Å². The highest BCUT2D eigenvalue weighted by Gasteiger charge is 2.43. The second kappa shape index (κ2) is 6.60. The van der Waals surface area contributed by atoms with Crippen LogP contribution in [0.25, 0.3) is 0 Å². The van der Waals surface area contributed by atoms with Gasteiger partial charge in [-0.25, -0.2) is 4.79 Å². The first-order valence-electron chi connectivity index (χ1n) is 7.57. The first kappa shape index (κ1) is 16.0. The lowest BCUT2D eigenvalue weighted by Crippen LogP contribution is -2.57. The van der Waals surface area contributed by atoms with Gasteiger partial charge in [0.25, 0.3) is 0 Å².